The lowest BCUT2D eigenvalue weighted by Crippen LogP contribution is -2.50. The summed E-state index contributed by atoms with van der Waals surface area (Å²) in [6.45, 7) is 13.2. The maximum absolute atomic E-state index is 12.4. The maximum atomic E-state index is 12.4. The fraction of sp³-hybridized carbons (Fsp3) is 0.944. The first-order valence-corrected chi connectivity index (χ1v) is 9.33. The van der Waals surface area contributed by atoms with Crippen molar-refractivity contribution in [3.05, 3.63) is 0 Å². The average molecular weight is 325 g/mol. The van der Waals surface area contributed by atoms with E-state index in [1.807, 2.05) is 25.7 Å². The van der Waals surface area contributed by atoms with Gasteiger partial charge in [0.2, 0.25) is 0 Å². The zero-order chi connectivity index (χ0) is 16.9. The highest BCUT2D eigenvalue weighted by atomic mass is 16.6. The Morgan fingerprint density at radius 3 is 2.39 bits per heavy atom. The minimum atomic E-state index is -0.417. The van der Waals surface area contributed by atoms with Gasteiger partial charge in [-0.3, -0.25) is 0 Å². The molecule has 0 aliphatic carbocycles. The van der Waals surface area contributed by atoms with Crippen LogP contribution in [0, 0.1) is 0 Å². The van der Waals surface area contributed by atoms with Crippen LogP contribution < -0.4 is 5.32 Å². The van der Waals surface area contributed by atoms with Crippen LogP contribution in [0.2, 0.25) is 0 Å². The van der Waals surface area contributed by atoms with Crippen LogP contribution >= 0.6 is 0 Å². The molecule has 0 spiro atoms. The van der Waals surface area contributed by atoms with Crippen LogP contribution in [0.25, 0.3) is 0 Å². The molecule has 134 valence electrons. The van der Waals surface area contributed by atoms with Crippen molar-refractivity contribution in [2.45, 2.75) is 77.5 Å². The largest absolute Gasteiger partial charge is 0.444 e. The molecule has 23 heavy (non-hydrogen) atoms. The smallest absolute Gasteiger partial charge is 0.410 e. The van der Waals surface area contributed by atoms with Gasteiger partial charge in [0.25, 0.3) is 0 Å². The van der Waals surface area contributed by atoms with Crippen LogP contribution in [-0.2, 0) is 4.74 Å². The van der Waals surface area contributed by atoms with Gasteiger partial charge in [-0.05, 0) is 66.1 Å². The van der Waals surface area contributed by atoms with Crippen molar-refractivity contribution >= 4 is 6.09 Å². The second-order valence-corrected chi connectivity index (χ2v) is 7.99. The monoisotopic (exact) mass is 325 g/mol. The Hall–Kier alpha value is -0.810. The first kappa shape index (κ1) is 18.5. The van der Waals surface area contributed by atoms with Gasteiger partial charge in [-0.1, -0.05) is 13.3 Å². The highest BCUT2D eigenvalue weighted by Gasteiger charge is 2.28. The van der Waals surface area contributed by atoms with E-state index < -0.39 is 5.60 Å². The Morgan fingerprint density at radius 1 is 1.09 bits per heavy atom. The van der Waals surface area contributed by atoms with E-state index in [2.05, 4.69) is 17.1 Å². The predicted octanol–water partition coefficient (Wildman–Crippen LogP) is 2.85. The zero-order valence-corrected chi connectivity index (χ0v) is 15.4. The lowest BCUT2D eigenvalue weighted by Gasteiger charge is -2.35. The molecule has 1 N–H and O–H groups in total. The lowest BCUT2D eigenvalue weighted by molar-refractivity contribution is 0.0239. The summed E-state index contributed by atoms with van der Waals surface area (Å²) in [4.78, 5) is 16.8. The standard InChI is InChI=1S/C18H35N3O2/c1-5-20-12-9-15(10-13-20)19-16-8-6-7-11-21(14-16)17(22)23-18(2,3)4/h15-16,19H,5-14H2,1-4H3. The van der Waals surface area contributed by atoms with E-state index in [-0.39, 0.29) is 6.09 Å². The van der Waals surface area contributed by atoms with Gasteiger partial charge in [-0.2, -0.15) is 0 Å². The zero-order valence-electron chi connectivity index (χ0n) is 15.4. The molecule has 2 aliphatic rings. The Kier molecular flexibility index (Phi) is 6.72. The van der Waals surface area contributed by atoms with Crippen molar-refractivity contribution in [3.63, 3.8) is 0 Å². The highest BCUT2D eigenvalue weighted by Crippen LogP contribution is 2.18. The summed E-state index contributed by atoms with van der Waals surface area (Å²) in [6.07, 6.45) is 5.70. The molecule has 2 rings (SSSR count). The van der Waals surface area contributed by atoms with Gasteiger partial charge in [0.05, 0.1) is 0 Å². The van der Waals surface area contributed by atoms with E-state index in [0.717, 1.165) is 32.5 Å². The van der Waals surface area contributed by atoms with Crippen molar-refractivity contribution in [3.8, 4) is 0 Å². The second kappa shape index (κ2) is 8.34. The number of amides is 1. The van der Waals surface area contributed by atoms with Gasteiger partial charge in [0.15, 0.2) is 0 Å². The second-order valence-electron chi connectivity index (χ2n) is 7.99. The fourth-order valence-corrected chi connectivity index (χ4v) is 3.52. The lowest BCUT2D eigenvalue weighted by atomic mass is 10.0. The number of hydrogen-bond acceptors (Lipinski definition) is 4. The van der Waals surface area contributed by atoms with Gasteiger partial charge in [-0.25, -0.2) is 4.79 Å². The predicted molar refractivity (Wildman–Crippen MR) is 93.7 cm³/mol. The summed E-state index contributed by atoms with van der Waals surface area (Å²) in [5.74, 6) is 0. The number of rotatable bonds is 3. The van der Waals surface area contributed by atoms with Gasteiger partial charge >= 0.3 is 6.09 Å². The van der Waals surface area contributed by atoms with Gasteiger partial charge in [-0.15, -0.1) is 0 Å². The molecule has 0 aromatic rings. The number of ether oxygens (including phenoxy) is 1. The molecule has 1 unspecified atom stereocenters. The molecule has 2 saturated heterocycles. The number of nitrogens with zero attached hydrogens (tertiary/aromatic N) is 2. The minimum absolute atomic E-state index is 0.160. The summed E-state index contributed by atoms with van der Waals surface area (Å²) in [5, 5.41) is 3.81. The molecule has 2 fully saturated rings. The van der Waals surface area contributed by atoms with Crippen molar-refractivity contribution in [1.82, 2.24) is 15.1 Å². The third-order valence-electron chi connectivity index (χ3n) is 4.83. The number of likely N-dealkylation sites (tertiary alicyclic amines) is 2. The maximum Gasteiger partial charge on any atom is 0.410 e. The van der Waals surface area contributed by atoms with Crippen molar-refractivity contribution in [2.75, 3.05) is 32.7 Å². The number of hydrogen-bond donors (Lipinski definition) is 1. The van der Waals surface area contributed by atoms with Crippen LogP contribution in [0.15, 0.2) is 0 Å². The minimum Gasteiger partial charge on any atom is -0.444 e. The van der Waals surface area contributed by atoms with Crippen molar-refractivity contribution in [1.29, 1.82) is 0 Å². The molecule has 2 aliphatic heterocycles. The molecule has 0 aromatic heterocycles. The normalized spacial score (nSPS) is 25.2. The first-order valence-electron chi connectivity index (χ1n) is 9.33. The molecule has 1 atom stereocenters. The number of nitrogens with one attached hydrogen (secondary N) is 1. The Labute approximate surface area is 141 Å². The fourth-order valence-electron chi connectivity index (χ4n) is 3.52. The molecule has 1 amide bonds. The van der Waals surface area contributed by atoms with Crippen LogP contribution in [0.3, 0.4) is 0 Å². The van der Waals surface area contributed by atoms with E-state index >= 15 is 0 Å². The summed E-state index contributed by atoms with van der Waals surface area (Å²) in [5.41, 5.74) is -0.417. The van der Waals surface area contributed by atoms with Gasteiger partial charge < -0.3 is 19.9 Å². The van der Waals surface area contributed by atoms with E-state index in [1.54, 1.807) is 0 Å². The Balaban J connectivity index is 1.83. The third kappa shape index (κ3) is 6.30. The van der Waals surface area contributed by atoms with E-state index in [9.17, 15) is 4.79 Å². The molecular formula is C18H35N3O2. The topological polar surface area (TPSA) is 44.8 Å². The van der Waals surface area contributed by atoms with Crippen molar-refractivity contribution in [2.24, 2.45) is 0 Å². The van der Waals surface area contributed by atoms with Gasteiger partial charge in [0.1, 0.15) is 5.60 Å². The number of carbonyl (C=O) groups excluding carboxylic acids is 1. The van der Waals surface area contributed by atoms with Crippen LogP contribution in [0.4, 0.5) is 4.79 Å². The molecule has 5 nitrogen and oxygen atoms in total. The molecule has 0 bridgehead atoms. The van der Waals surface area contributed by atoms with E-state index in [1.165, 1.54) is 32.4 Å². The highest BCUT2D eigenvalue weighted by molar-refractivity contribution is 5.68. The Bertz CT molecular complexity index is 373. The van der Waals surface area contributed by atoms with Crippen molar-refractivity contribution < 1.29 is 9.53 Å². The quantitative estimate of drug-likeness (QED) is 0.866. The number of carbonyl (C=O) groups is 1. The molecule has 0 radical (unpaired) electrons. The molecular weight excluding hydrogens is 290 g/mol. The summed E-state index contributed by atoms with van der Waals surface area (Å²) in [7, 11) is 0. The van der Waals surface area contributed by atoms with Crippen LogP contribution in [0.1, 0.15) is 59.8 Å². The summed E-state index contributed by atoms with van der Waals surface area (Å²) < 4.78 is 5.55. The van der Waals surface area contributed by atoms with Crippen LogP contribution in [0.5, 0.6) is 0 Å². The molecule has 0 saturated carbocycles. The Morgan fingerprint density at radius 2 is 1.78 bits per heavy atom. The number of piperidine rings is 1. The van der Waals surface area contributed by atoms with Crippen LogP contribution in [-0.4, -0.2) is 66.3 Å². The van der Waals surface area contributed by atoms with E-state index in [0.29, 0.717) is 12.1 Å². The first-order chi connectivity index (χ1) is 10.9. The summed E-state index contributed by atoms with van der Waals surface area (Å²) in [6, 6.07) is 1.00. The average Bonchev–Trinajstić information content (AvgIpc) is 2.72. The molecule has 2 heterocycles. The molecule has 0 aromatic carbocycles. The summed E-state index contributed by atoms with van der Waals surface area (Å²) >= 11 is 0. The van der Waals surface area contributed by atoms with Gasteiger partial charge in [0, 0.05) is 25.2 Å². The SMILES string of the molecule is CCN1CCC(NC2CCCCN(C(=O)OC(C)(C)C)C2)CC1. The third-order valence-corrected chi connectivity index (χ3v) is 4.83. The molecule has 5 heteroatoms. The van der Waals surface area contributed by atoms with E-state index in [4.69, 9.17) is 4.74 Å².